The van der Waals surface area contributed by atoms with Crippen LogP contribution in [0.5, 0.6) is 0 Å². The van der Waals surface area contributed by atoms with Crippen LogP contribution in [-0.4, -0.2) is 33.2 Å². The van der Waals surface area contributed by atoms with E-state index in [-0.39, 0.29) is 12.0 Å². The summed E-state index contributed by atoms with van der Waals surface area (Å²) >= 11 is 7.26. The van der Waals surface area contributed by atoms with Gasteiger partial charge in [0.2, 0.25) is 5.16 Å². The Labute approximate surface area is 130 Å². The van der Waals surface area contributed by atoms with Crippen LogP contribution < -0.4 is 5.43 Å². The Morgan fingerprint density at radius 3 is 2.76 bits per heavy atom. The fourth-order valence-corrected chi connectivity index (χ4v) is 3.45. The molecule has 1 aliphatic heterocycles. The van der Waals surface area contributed by atoms with Gasteiger partial charge in [0.1, 0.15) is 11.1 Å². The summed E-state index contributed by atoms with van der Waals surface area (Å²) in [7, 11) is 1.38. The van der Waals surface area contributed by atoms with Crippen molar-refractivity contribution < 1.29 is 9.53 Å². The molecule has 1 aromatic heterocycles. The molecule has 110 valence electrons. The number of aryl methyl sites for hydroxylation is 1. The average Bonchev–Trinajstić information content (AvgIpc) is 2.87. The molecule has 1 N–H and O–H groups in total. The molecule has 21 heavy (non-hydrogen) atoms. The Kier molecular flexibility index (Phi) is 3.77. The van der Waals surface area contributed by atoms with Crippen LogP contribution in [0.3, 0.4) is 0 Å². The predicted octanol–water partition coefficient (Wildman–Crippen LogP) is 2.17. The molecular weight excluding hydrogens is 312 g/mol. The van der Waals surface area contributed by atoms with Gasteiger partial charge in [-0.05, 0) is 24.6 Å². The monoisotopic (exact) mass is 324 g/mol. The maximum atomic E-state index is 12.1. The van der Waals surface area contributed by atoms with Crippen LogP contribution in [0.1, 0.15) is 17.4 Å². The van der Waals surface area contributed by atoms with E-state index in [0.29, 0.717) is 10.2 Å². The fraction of sp³-hybridized carbons (Fsp3) is 0.308. The topological polar surface area (TPSA) is 69.0 Å². The number of carbonyl (C=O) groups excluding carboxylic acids is 1. The Morgan fingerprint density at radius 2 is 2.10 bits per heavy atom. The number of carbonyl (C=O) groups is 1. The first kappa shape index (κ1) is 14.2. The van der Waals surface area contributed by atoms with E-state index in [9.17, 15) is 4.79 Å². The molecule has 6 nitrogen and oxygen atoms in total. The molecule has 2 unspecified atom stereocenters. The molecule has 0 spiro atoms. The molecule has 1 aliphatic rings. The number of methoxy groups -OCH3 is 1. The van der Waals surface area contributed by atoms with Crippen molar-refractivity contribution in [2.75, 3.05) is 12.5 Å². The molecule has 1 aromatic carbocycles. The number of aromatic nitrogens is 3. The van der Waals surface area contributed by atoms with Crippen molar-refractivity contribution in [2.45, 2.75) is 23.4 Å². The predicted molar refractivity (Wildman–Crippen MR) is 80.0 cm³/mol. The van der Waals surface area contributed by atoms with E-state index in [1.807, 2.05) is 19.1 Å². The third-order valence-corrected chi connectivity index (χ3v) is 4.71. The minimum absolute atomic E-state index is 0.248. The van der Waals surface area contributed by atoms with Crippen molar-refractivity contribution in [3.05, 3.63) is 40.7 Å². The Balaban J connectivity index is 2.00. The number of thioether (sulfide) groups is 1. The van der Waals surface area contributed by atoms with Gasteiger partial charge in [-0.25, -0.2) is 4.68 Å². The zero-order chi connectivity index (χ0) is 15.0. The highest BCUT2D eigenvalue weighted by atomic mass is 35.5. The normalized spacial score (nSPS) is 20.5. The van der Waals surface area contributed by atoms with E-state index in [0.717, 1.165) is 11.4 Å². The smallest absolute Gasteiger partial charge is 0.321 e. The number of hydrogen-bond donors (Lipinski definition) is 1. The molecule has 0 saturated carbocycles. The molecule has 2 aromatic rings. The van der Waals surface area contributed by atoms with E-state index in [2.05, 4.69) is 15.6 Å². The second kappa shape index (κ2) is 5.57. The van der Waals surface area contributed by atoms with Crippen molar-refractivity contribution in [3.63, 3.8) is 0 Å². The number of fused-ring (bicyclic) bond motifs is 1. The van der Waals surface area contributed by atoms with Crippen LogP contribution >= 0.6 is 23.4 Å². The summed E-state index contributed by atoms with van der Waals surface area (Å²) in [6, 6.07) is 7.13. The third kappa shape index (κ3) is 2.58. The maximum absolute atomic E-state index is 12.1. The molecule has 3 rings (SSSR count). The van der Waals surface area contributed by atoms with Gasteiger partial charge in [-0.3, -0.25) is 4.79 Å². The van der Waals surface area contributed by atoms with Crippen molar-refractivity contribution in [2.24, 2.45) is 0 Å². The van der Waals surface area contributed by atoms with Gasteiger partial charge in [0.25, 0.3) is 0 Å². The van der Waals surface area contributed by atoms with Crippen LogP contribution in [0.25, 0.3) is 0 Å². The van der Waals surface area contributed by atoms with Gasteiger partial charge in [-0.1, -0.05) is 35.5 Å². The summed E-state index contributed by atoms with van der Waals surface area (Å²) in [6.07, 6.45) is 0. The van der Waals surface area contributed by atoms with E-state index in [1.165, 1.54) is 18.9 Å². The lowest BCUT2D eigenvalue weighted by Gasteiger charge is -2.31. The molecule has 0 amide bonds. The standard InChI is InChI=1S/C13H13ClN4O2S/c1-7-15-16-13-18(7)17-10(11(21-13)12(19)20-2)8-3-5-9(14)6-4-8/h3-6,10-11,17H,1-2H3. The summed E-state index contributed by atoms with van der Waals surface area (Å²) in [5, 5.41) is 8.93. The molecule has 0 bridgehead atoms. The summed E-state index contributed by atoms with van der Waals surface area (Å²) < 4.78 is 6.68. The van der Waals surface area contributed by atoms with Gasteiger partial charge in [-0.15, -0.1) is 10.2 Å². The first-order chi connectivity index (χ1) is 10.1. The van der Waals surface area contributed by atoms with E-state index < -0.39 is 5.25 Å². The number of nitrogens with one attached hydrogen (secondary N) is 1. The molecule has 0 fully saturated rings. The Hall–Kier alpha value is -1.73. The van der Waals surface area contributed by atoms with Crippen molar-refractivity contribution in [1.29, 1.82) is 0 Å². The number of halogens is 1. The Morgan fingerprint density at radius 1 is 1.38 bits per heavy atom. The number of esters is 1. The minimum Gasteiger partial charge on any atom is -0.468 e. The molecule has 0 radical (unpaired) electrons. The Bertz CT molecular complexity index is 673. The molecule has 2 atom stereocenters. The minimum atomic E-state index is -0.438. The lowest BCUT2D eigenvalue weighted by Crippen LogP contribution is -2.39. The van der Waals surface area contributed by atoms with Crippen LogP contribution in [0, 0.1) is 6.92 Å². The van der Waals surface area contributed by atoms with E-state index in [4.69, 9.17) is 16.3 Å². The first-order valence-corrected chi connectivity index (χ1v) is 7.54. The lowest BCUT2D eigenvalue weighted by molar-refractivity contribution is -0.140. The van der Waals surface area contributed by atoms with Crippen LogP contribution in [0.2, 0.25) is 5.02 Å². The number of rotatable bonds is 2. The van der Waals surface area contributed by atoms with Gasteiger partial charge in [0, 0.05) is 5.02 Å². The SMILES string of the molecule is COC(=O)C1Sc2nnc(C)n2NC1c1ccc(Cl)cc1. The van der Waals surface area contributed by atoms with Gasteiger partial charge in [0.15, 0.2) is 0 Å². The van der Waals surface area contributed by atoms with Gasteiger partial charge >= 0.3 is 5.97 Å². The van der Waals surface area contributed by atoms with Crippen LogP contribution in [0.15, 0.2) is 29.4 Å². The number of ether oxygens (including phenoxy) is 1. The van der Waals surface area contributed by atoms with Crippen LogP contribution in [-0.2, 0) is 9.53 Å². The van der Waals surface area contributed by atoms with Crippen LogP contribution in [0.4, 0.5) is 0 Å². The highest BCUT2D eigenvalue weighted by molar-refractivity contribution is 8.00. The summed E-state index contributed by atoms with van der Waals surface area (Å²) in [5.74, 6) is 0.430. The van der Waals surface area contributed by atoms with Gasteiger partial charge < -0.3 is 10.2 Å². The summed E-state index contributed by atoms with van der Waals surface area (Å²) in [6.45, 7) is 1.85. The molecular formula is C13H13ClN4O2S. The number of benzene rings is 1. The van der Waals surface area contributed by atoms with Crippen molar-refractivity contribution in [3.8, 4) is 0 Å². The van der Waals surface area contributed by atoms with E-state index >= 15 is 0 Å². The van der Waals surface area contributed by atoms with Crippen molar-refractivity contribution in [1.82, 2.24) is 14.9 Å². The first-order valence-electron chi connectivity index (χ1n) is 6.28. The summed E-state index contributed by atoms with van der Waals surface area (Å²) in [5.41, 5.74) is 4.22. The number of nitrogens with zero attached hydrogens (tertiary/aromatic N) is 3. The second-order valence-corrected chi connectivity index (χ2v) is 6.13. The molecule has 8 heteroatoms. The number of hydrogen-bond acceptors (Lipinski definition) is 6. The quantitative estimate of drug-likeness (QED) is 0.854. The van der Waals surface area contributed by atoms with Gasteiger partial charge in [-0.2, -0.15) is 0 Å². The van der Waals surface area contributed by atoms with Crippen molar-refractivity contribution >= 4 is 29.3 Å². The highest BCUT2D eigenvalue weighted by Gasteiger charge is 2.38. The van der Waals surface area contributed by atoms with E-state index in [1.54, 1.807) is 16.8 Å². The lowest BCUT2D eigenvalue weighted by atomic mass is 10.0. The highest BCUT2D eigenvalue weighted by Crippen LogP contribution is 2.37. The van der Waals surface area contributed by atoms with Gasteiger partial charge in [0.05, 0.1) is 13.2 Å². The second-order valence-electron chi connectivity index (χ2n) is 4.59. The fourth-order valence-electron chi connectivity index (χ4n) is 2.18. The molecule has 0 saturated heterocycles. The zero-order valence-electron chi connectivity index (χ0n) is 11.4. The molecule has 2 heterocycles. The molecule has 0 aliphatic carbocycles. The average molecular weight is 325 g/mol. The maximum Gasteiger partial charge on any atom is 0.321 e. The third-order valence-electron chi connectivity index (χ3n) is 3.26. The largest absolute Gasteiger partial charge is 0.468 e. The summed E-state index contributed by atoms with van der Waals surface area (Å²) in [4.78, 5) is 12.1. The zero-order valence-corrected chi connectivity index (χ0v) is 13.0.